The van der Waals surface area contributed by atoms with Crippen molar-refractivity contribution in [1.29, 1.82) is 0 Å². The van der Waals surface area contributed by atoms with Gasteiger partial charge in [-0.15, -0.1) is 11.8 Å². The second-order valence-corrected chi connectivity index (χ2v) is 8.04. The second-order valence-electron chi connectivity index (χ2n) is 6.86. The van der Waals surface area contributed by atoms with Gasteiger partial charge in [0, 0.05) is 29.4 Å². The van der Waals surface area contributed by atoms with Gasteiger partial charge in [0.05, 0.1) is 13.2 Å². The third-order valence-electron chi connectivity index (χ3n) is 4.85. The molecule has 1 aliphatic heterocycles. The first-order valence-corrected chi connectivity index (χ1v) is 10.7. The third kappa shape index (κ3) is 5.19. The van der Waals surface area contributed by atoms with Gasteiger partial charge in [-0.25, -0.2) is 0 Å². The molecule has 3 aromatic rings. The predicted octanol–water partition coefficient (Wildman–Crippen LogP) is 5.00. The summed E-state index contributed by atoms with van der Waals surface area (Å²) in [6.45, 7) is 3.31. The lowest BCUT2D eigenvalue weighted by atomic mass is 10.1. The molecular formula is C24H24N2O2S. The maximum Gasteiger partial charge on any atom is 0.242 e. The highest BCUT2D eigenvalue weighted by atomic mass is 32.2. The first-order chi connectivity index (χ1) is 14.3. The molecule has 1 heterocycles. The van der Waals surface area contributed by atoms with Crippen LogP contribution in [0.25, 0.3) is 0 Å². The molecule has 1 N–H and O–H groups in total. The topological polar surface area (TPSA) is 41.6 Å². The SMILES string of the molecule is O=C(Nc1ccc(N2CCOCC2)cc1)[C@@H](Sc1ccccc1)c1ccccc1. The molecule has 1 amide bonds. The molecule has 4 rings (SSSR count). The molecule has 1 aliphatic rings. The fourth-order valence-electron chi connectivity index (χ4n) is 3.32. The van der Waals surface area contributed by atoms with Crippen LogP contribution in [0, 0.1) is 0 Å². The van der Waals surface area contributed by atoms with E-state index in [0.29, 0.717) is 0 Å². The van der Waals surface area contributed by atoms with E-state index >= 15 is 0 Å². The first kappa shape index (κ1) is 19.6. The molecule has 3 aromatic carbocycles. The molecule has 0 aromatic heterocycles. The highest BCUT2D eigenvalue weighted by Gasteiger charge is 2.22. The van der Waals surface area contributed by atoms with E-state index < -0.39 is 0 Å². The summed E-state index contributed by atoms with van der Waals surface area (Å²) in [5, 5.41) is 2.77. The van der Waals surface area contributed by atoms with Crippen LogP contribution in [0.4, 0.5) is 11.4 Å². The lowest BCUT2D eigenvalue weighted by Gasteiger charge is -2.29. The van der Waals surface area contributed by atoms with E-state index in [1.165, 1.54) is 0 Å². The molecule has 1 saturated heterocycles. The number of ether oxygens (including phenoxy) is 1. The first-order valence-electron chi connectivity index (χ1n) is 9.80. The van der Waals surface area contributed by atoms with Crippen molar-refractivity contribution in [2.75, 3.05) is 36.5 Å². The zero-order chi connectivity index (χ0) is 19.9. The Balaban J connectivity index is 1.48. The molecule has 0 spiro atoms. The Morgan fingerprint density at radius 1 is 0.862 bits per heavy atom. The summed E-state index contributed by atoms with van der Waals surface area (Å²) in [5.74, 6) is -0.0239. The predicted molar refractivity (Wildman–Crippen MR) is 120 cm³/mol. The van der Waals surface area contributed by atoms with Crippen LogP contribution in [-0.4, -0.2) is 32.2 Å². The normalized spacial score (nSPS) is 15.0. The standard InChI is InChI=1S/C24H24N2O2S/c27-24(25-20-11-13-21(14-12-20)26-15-17-28-18-16-26)23(19-7-3-1-4-8-19)29-22-9-5-2-6-10-22/h1-14,23H,15-18H2,(H,25,27)/t23-/m0/s1. The zero-order valence-corrected chi connectivity index (χ0v) is 17.0. The minimum absolute atomic E-state index is 0.0239. The number of anilines is 2. The Bertz CT molecular complexity index is 911. The number of rotatable bonds is 6. The van der Waals surface area contributed by atoms with Crippen LogP contribution in [0.2, 0.25) is 0 Å². The summed E-state index contributed by atoms with van der Waals surface area (Å²) < 4.78 is 5.41. The monoisotopic (exact) mass is 404 g/mol. The Morgan fingerprint density at radius 3 is 2.14 bits per heavy atom. The molecular weight excluding hydrogens is 380 g/mol. The maximum absolute atomic E-state index is 13.1. The van der Waals surface area contributed by atoms with Crippen LogP contribution < -0.4 is 10.2 Å². The summed E-state index contributed by atoms with van der Waals surface area (Å²) in [7, 11) is 0. The van der Waals surface area contributed by atoms with Crippen LogP contribution in [-0.2, 0) is 9.53 Å². The number of benzene rings is 3. The van der Waals surface area contributed by atoms with Gasteiger partial charge < -0.3 is 15.0 Å². The summed E-state index contributed by atoms with van der Waals surface area (Å²) in [4.78, 5) is 16.5. The number of hydrogen-bond donors (Lipinski definition) is 1. The van der Waals surface area contributed by atoms with E-state index in [2.05, 4.69) is 22.3 Å². The molecule has 148 valence electrons. The van der Waals surface area contributed by atoms with E-state index in [1.807, 2.05) is 72.8 Å². The number of nitrogens with one attached hydrogen (secondary N) is 1. The Labute approximate surface area is 175 Å². The van der Waals surface area contributed by atoms with Crippen LogP contribution in [0.5, 0.6) is 0 Å². The molecule has 0 radical (unpaired) electrons. The number of carbonyl (C=O) groups is 1. The fraction of sp³-hybridized carbons (Fsp3) is 0.208. The van der Waals surface area contributed by atoms with E-state index in [-0.39, 0.29) is 11.2 Å². The summed E-state index contributed by atoms with van der Waals surface area (Å²) >= 11 is 1.56. The van der Waals surface area contributed by atoms with Crippen LogP contribution in [0.15, 0.2) is 89.8 Å². The van der Waals surface area contributed by atoms with E-state index in [1.54, 1.807) is 11.8 Å². The average Bonchev–Trinajstić information content (AvgIpc) is 2.80. The van der Waals surface area contributed by atoms with Crippen LogP contribution in [0.1, 0.15) is 10.8 Å². The van der Waals surface area contributed by atoms with Crippen molar-refractivity contribution in [2.24, 2.45) is 0 Å². The van der Waals surface area contributed by atoms with Crippen molar-refractivity contribution in [3.05, 3.63) is 90.5 Å². The molecule has 1 atom stereocenters. The van der Waals surface area contributed by atoms with Gasteiger partial charge in [-0.1, -0.05) is 48.5 Å². The summed E-state index contributed by atoms with van der Waals surface area (Å²) in [6, 6.07) is 28.0. The number of thioether (sulfide) groups is 1. The molecule has 29 heavy (non-hydrogen) atoms. The lowest BCUT2D eigenvalue weighted by molar-refractivity contribution is -0.115. The zero-order valence-electron chi connectivity index (χ0n) is 16.2. The Hall–Kier alpha value is -2.76. The van der Waals surface area contributed by atoms with Crippen LogP contribution in [0.3, 0.4) is 0 Å². The van der Waals surface area contributed by atoms with Gasteiger partial charge in [0.15, 0.2) is 0 Å². The number of hydrogen-bond acceptors (Lipinski definition) is 4. The van der Waals surface area contributed by atoms with Gasteiger partial charge in [-0.2, -0.15) is 0 Å². The van der Waals surface area contributed by atoms with Crippen LogP contribution >= 0.6 is 11.8 Å². The molecule has 1 fully saturated rings. The number of carbonyl (C=O) groups excluding carboxylic acids is 1. The number of morpholine rings is 1. The van der Waals surface area contributed by atoms with Crippen molar-refractivity contribution in [2.45, 2.75) is 10.1 Å². The molecule has 0 saturated carbocycles. The number of nitrogens with zero attached hydrogens (tertiary/aromatic N) is 1. The highest BCUT2D eigenvalue weighted by molar-refractivity contribution is 8.00. The van der Waals surface area contributed by atoms with Gasteiger partial charge in [0.1, 0.15) is 5.25 Å². The Morgan fingerprint density at radius 2 is 1.48 bits per heavy atom. The maximum atomic E-state index is 13.1. The summed E-state index contributed by atoms with van der Waals surface area (Å²) in [6.07, 6.45) is 0. The van der Waals surface area contributed by atoms with Gasteiger partial charge >= 0.3 is 0 Å². The third-order valence-corrected chi connectivity index (χ3v) is 6.11. The lowest BCUT2D eigenvalue weighted by Crippen LogP contribution is -2.36. The number of amides is 1. The van der Waals surface area contributed by atoms with Gasteiger partial charge in [0.25, 0.3) is 0 Å². The van der Waals surface area contributed by atoms with Crippen molar-refractivity contribution < 1.29 is 9.53 Å². The minimum Gasteiger partial charge on any atom is -0.378 e. The van der Waals surface area contributed by atoms with E-state index in [4.69, 9.17) is 4.74 Å². The second kappa shape index (κ2) is 9.63. The van der Waals surface area contributed by atoms with Crippen molar-refractivity contribution in [1.82, 2.24) is 0 Å². The van der Waals surface area contributed by atoms with E-state index in [0.717, 1.165) is 48.1 Å². The fourth-order valence-corrected chi connectivity index (χ4v) is 4.37. The molecule has 4 nitrogen and oxygen atoms in total. The largest absolute Gasteiger partial charge is 0.378 e. The molecule has 0 bridgehead atoms. The molecule has 5 heteroatoms. The molecule has 0 unspecified atom stereocenters. The smallest absolute Gasteiger partial charge is 0.242 e. The molecule has 0 aliphatic carbocycles. The van der Waals surface area contributed by atoms with Crippen molar-refractivity contribution in [3.8, 4) is 0 Å². The van der Waals surface area contributed by atoms with E-state index in [9.17, 15) is 4.79 Å². The van der Waals surface area contributed by atoms with Crippen molar-refractivity contribution >= 4 is 29.0 Å². The average molecular weight is 405 g/mol. The van der Waals surface area contributed by atoms with Gasteiger partial charge in [0.2, 0.25) is 5.91 Å². The quantitative estimate of drug-likeness (QED) is 0.588. The highest BCUT2D eigenvalue weighted by Crippen LogP contribution is 2.36. The van der Waals surface area contributed by atoms with Crippen molar-refractivity contribution in [3.63, 3.8) is 0 Å². The minimum atomic E-state index is -0.322. The summed E-state index contributed by atoms with van der Waals surface area (Å²) in [5.41, 5.74) is 2.95. The Kier molecular flexibility index (Phi) is 6.49. The van der Waals surface area contributed by atoms with Gasteiger partial charge in [-0.05, 0) is 42.0 Å². The van der Waals surface area contributed by atoms with Gasteiger partial charge in [-0.3, -0.25) is 4.79 Å².